The Hall–Kier alpha value is -0.120. The molecule has 0 aromatic rings. The summed E-state index contributed by atoms with van der Waals surface area (Å²) in [5.41, 5.74) is 0. The van der Waals surface area contributed by atoms with Crippen LogP contribution in [0.4, 0.5) is 0 Å². The van der Waals surface area contributed by atoms with Gasteiger partial charge in [-0.05, 0) is 31.7 Å². The quantitative estimate of drug-likeness (QED) is 0.794. The SMILES string of the molecule is CCNC1CCCC1CN1CCOCC1CC. The Morgan fingerprint density at radius 3 is 2.94 bits per heavy atom. The van der Waals surface area contributed by atoms with Crippen LogP contribution in [0.2, 0.25) is 0 Å². The van der Waals surface area contributed by atoms with Crippen molar-refractivity contribution in [3.8, 4) is 0 Å². The first-order valence-corrected chi connectivity index (χ1v) is 7.40. The van der Waals surface area contributed by atoms with Gasteiger partial charge in [0, 0.05) is 25.2 Å². The third kappa shape index (κ3) is 3.43. The monoisotopic (exact) mass is 240 g/mol. The Morgan fingerprint density at radius 1 is 1.29 bits per heavy atom. The molecule has 0 amide bonds. The maximum absolute atomic E-state index is 5.58. The smallest absolute Gasteiger partial charge is 0.0622 e. The van der Waals surface area contributed by atoms with Gasteiger partial charge in [0.15, 0.2) is 0 Å². The van der Waals surface area contributed by atoms with Crippen LogP contribution in [0.1, 0.15) is 39.5 Å². The third-order valence-electron chi connectivity index (χ3n) is 4.42. The van der Waals surface area contributed by atoms with Crippen LogP contribution in [-0.4, -0.2) is 49.8 Å². The highest BCUT2D eigenvalue weighted by Gasteiger charge is 2.31. The van der Waals surface area contributed by atoms with E-state index in [1.165, 1.54) is 32.2 Å². The van der Waals surface area contributed by atoms with Gasteiger partial charge in [0.05, 0.1) is 13.2 Å². The molecule has 17 heavy (non-hydrogen) atoms. The van der Waals surface area contributed by atoms with Crippen LogP contribution in [0, 0.1) is 5.92 Å². The molecule has 1 saturated heterocycles. The molecular formula is C14H28N2O. The van der Waals surface area contributed by atoms with E-state index in [2.05, 4.69) is 24.1 Å². The summed E-state index contributed by atoms with van der Waals surface area (Å²) in [4.78, 5) is 2.67. The highest BCUT2D eigenvalue weighted by atomic mass is 16.5. The van der Waals surface area contributed by atoms with Crippen LogP contribution in [0.15, 0.2) is 0 Å². The molecular weight excluding hydrogens is 212 g/mol. The molecule has 0 bridgehead atoms. The van der Waals surface area contributed by atoms with E-state index in [1.54, 1.807) is 0 Å². The summed E-state index contributed by atoms with van der Waals surface area (Å²) in [5, 5.41) is 3.66. The van der Waals surface area contributed by atoms with Crippen molar-refractivity contribution < 1.29 is 4.74 Å². The lowest BCUT2D eigenvalue weighted by molar-refractivity contribution is -0.0165. The summed E-state index contributed by atoms with van der Waals surface area (Å²) in [6.07, 6.45) is 5.41. The van der Waals surface area contributed by atoms with Crippen LogP contribution >= 0.6 is 0 Å². The first-order chi connectivity index (χ1) is 8.35. The van der Waals surface area contributed by atoms with Gasteiger partial charge in [-0.2, -0.15) is 0 Å². The molecule has 2 aliphatic rings. The number of hydrogen-bond donors (Lipinski definition) is 1. The van der Waals surface area contributed by atoms with Crippen molar-refractivity contribution in [3.05, 3.63) is 0 Å². The second-order valence-electron chi connectivity index (χ2n) is 5.49. The molecule has 1 N–H and O–H groups in total. The van der Waals surface area contributed by atoms with Crippen LogP contribution in [0.5, 0.6) is 0 Å². The lowest BCUT2D eigenvalue weighted by Gasteiger charge is -2.37. The van der Waals surface area contributed by atoms with E-state index in [0.717, 1.165) is 38.3 Å². The van der Waals surface area contributed by atoms with Crippen molar-refractivity contribution in [1.29, 1.82) is 0 Å². The first-order valence-electron chi connectivity index (χ1n) is 7.40. The average Bonchev–Trinajstić information content (AvgIpc) is 2.78. The Morgan fingerprint density at radius 2 is 2.18 bits per heavy atom. The minimum Gasteiger partial charge on any atom is -0.378 e. The number of morpholine rings is 1. The molecule has 1 aliphatic carbocycles. The van der Waals surface area contributed by atoms with Gasteiger partial charge in [-0.15, -0.1) is 0 Å². The highest BCUT2D eigenvalue weighted by molar-refractivity contribution is 4.87. The molecule has 0 spiro atoms. The zero-order valence-corrected chi connectivity index (χ0v) is 11.5. The number of rotatable bonds is 5. The van der Waals surface area contributed by atoms with E-state index in [1.807, 2.05) is 0 Å². The van der Waals surface area contributed by atoms with E-state index in [9.17, 15) is 0 Å². The van der Waals surface area contributed by atoms with Crippen molar-refractivity contribution in [1.82, 2.24) is 10.2 Å². The van der Waals surface area contributed by atoms with Crippen LogP contribution < -0.4 is 5.32 Å². The van der Waals surface area contributed by atoms with Gasteiger partial charge in [0.25, 0.3) is 0 Å². The minimum atomic E-state index is 0.659. The largest absolute Gasteiger partial charge is 0.378 e. The summed E-state index contributed by atoms with van der Waals surface area (Å²) >= 11 is 0. The highest BCUT2D eigenvalue weighted by Crippen LogP contribution is 2.27. The Labute approximate surface area is 106 Å². The minimum absolute atomic E-state index is 0.659. The zero-order chi connectivity index (χ0) is 12.1. The maximum atomic E-state index is 5.58. The standard InChI is InChI=1S/C14H28N2O/c1-3-13-11-17-9-8-16(13)10-12-6-5-7-14(12)15-4-2/h12-15H,3-11H2,1-2H3. The molecule has 3 heteroatoms. The van der Waals surface area contributed by atoms with Gasteiger partial charge in [0.1, 0.15) is 0 Å². The van der Waals surface area contributed by atoms with Crippen molar-refractivity contribution in [2.75, 3.05) is 32.8 Å². The van der Waals surface area contributed by atoms with Crippen LogP contribution in [0.3, 0.4) is 0 Å². The fraction of sp³-hybridized carbons (Fsp3) is 1.00. The third-order valence-corrected chi connectivity index (χ3v) is 4.42. The molecule has 0 aromatic carbocycles. The van der Waals surface area contributed by atoms with E-state index >= 15 is 0 Å². The van der Waals surface area contributed by atoms with E-state index in [0.29, 0.717) is 6.04 Å². The number of hydrogen-bond acceptors (Lipinski definition) is 3. The molecule has 1 saturated carbocycles. The molecule has 1 aliphatic heterocycles. The zero-order valence-electron chi connectivity index (χ0n) is 11.5. The summed E-state index contributed by atoms with van der Waals surface area (Å²) in [6, 6.07) is 1.42. The summed E-state index contributed by atoms with van der Waals surface area (Å²) in [7, 11) is 0. The molecule has 0 aromatic heterocycles. The van der Waals surface area contributed by atoms with Gasteiger partial charge in [0.2, 0.25) is 0 Å². The fourth-order valence-electron chi connectivity index (χ4n) is 3.39. The molecule has 3 atom stereocenters. The molecule has 3 nitrogen and oxygen atoms in total. The van der Waals surface area contributed by atoms with Crippen molar-refractivity contribution in [3.63, 3.8) is 0 Å². The Balaban J connectivity index is 1.85. The maximum Gasteiger partial charge on any atom is 0.0622 e. The second kappa shape index (κ2) is 6.72. The summed E-state index contributed by atoms with van der Waals surface area (Å²) < 4.78 is 5.58. The lowest BCUT2D eigenvalue weighted by atomic mass is 10.0. The predicted octanol–water partition coefficient (Wildman–Crippen LogP) is 1.88. The van der Waals surface area contributed by atoms with E-state index < -0.39 is 0 Å². The summed E-state index contributed by atoms with van der Waals surface area (Å²) in [5.74, 6) is 0.863. The first kappa shape index (κ1) is 13.3. The predicted molar refractivity (Wildman–Crippen MR) is 71.3 cm³/mol. The molecule has 3 unspecified atom stereocenters. The molecule has 2 rings (SSSR count). The van der Waals surface area contributed by atoms with Crippen molar-refractivity contribution in [2.24, 2.45) is 5.92 Å². The van der Waals surface area contributed by atoms with Gasteiger partial charge in [-0.3, -0.25) is 4.90 Å². The molecule has 0 radical (unpaired) electrons. The van der Waals surface area contributed by atoms with Gasteiger partial charge in [-0.1, -0.05) is 20.3 Å². The van der Waals surface area contributed by atoms with Crippen molar-refractivity contribution >= 4 is 0 Å². The van der Waals surface area contributed by atoms with E-state index in [4.69, 9.17) is 4.74 Å². The normalized spacial score (nSPS) is 35.3. The van der Waals surface area contributed by atoms with Crippen LogP contribution in [-0.2, 0) is 4.74 Å². The Bertz CT molecular complexity index is 222. The Kier molecular flexibility index (Phi) is 5.26. The number of ether oxygens (including phenoxy) is 1. The van der Waals surface area contributed by atoms with E-state index in [-0.39, 0.29) is 0 Å². The second-order valence-corrected chi connectivity index (χ2v) is 5.49. The average molecular weight is 240 g/mol. The van der Waals surface area contributed by atoms with Crippen LogP contribution in [0.25, 0.3) is 0 Å². The van der Waals surface area contributed by atoms with Gasteiger partial charge >= 0.3 is 0 Å². The topological polar surface area (TPSA) is 24.5 Å². The van der Waals surface area contributed by atoms with Gasteiger partial charge < -0.3 is 10.1 Å². The molecule has 1 heterocycles. The van der Waals surface area contributed by atoms with Crippen molar-refractivity contribution in [2.45, 2.75) is 51.6 Å². The number of nitrogens with one attached hydrogen (secondary N) is 1. The van der Waals surface area contributed by atoms with Gasteiger partial charge in [-0.25, -0.2) is 0 Å². The lowest BCUT2D eigenvalue weighted by Crippen LogP contribution is -2.49. The fourth-order valence-corrected chi connectivity index (χ4v) is 3.39. The summed E-state index contributed by atoms with van der Waals surface area (Å²) in [6.45, 7) is 9.89. The molecule has 100 valence electrons. The number of nitrogens with zero attached hydrogens (tertiary/aromatic N) is 1. The molecule has 2 fully saturated rings.